The summed E-state index contributed by atoms with van der Waals surface area (Å²) < 4.78 is 7.09. The van der Waals surface area contributed by atoms with E-state index in [0.717, 1.165) is 23.4 Å². The molecule has 0 saturated carbocycles. The lowest BCUT2D eigenvalue weighted by molar-refractivity contribution is 0.0925. The Morgan fingerprint density at radius 1 is 1.21 bits per heavy atom. The maximum absolute atomic E-state index is 12.9. The number of hydrogen-bond donors (Lipinski definition) is 1. The topological polar surface area (TPSA) is 73.0 Å². The molecular weight excluding hydrogens is 376 g/mol. The van der Waals surface area contributed by atoms with Crippen molar-refractivity contribution in [3.05, 3.63) is 68.8 Å². The minimum atomic E-state index is -0.257. The standard InChI is InChI=1S/C21H25ClN4O2/c1-6-18(16-9-7-12(2)8-10-16)23-21(27)20-17(15(5)28-25-20)11-26-14(4)19(22)13(3)24-26/h7-10,18H,6,11H2,1-5H3,(H,23,27). The fourth-order valence-electron chi connectivity index (χ4n) is 3.18. The molecule has 0 aliphatic rings. The van der Waals surface area contributed by atoms with Gasteiger partial charge in [0.25, 0.3) is 5.91 Å². The van der Waals surface area contributed by atoms with Gasteiger partial charge >= 0.3 is 0 Å². The van der Waals surface area contributed by atoms with Crippen LogP contribution in [0.3, 0.4) is 0 Å². The number of halogens is 1. The van der Waals surface area contributed by atoms with E-state index < -0.39 is 0 Å². The molecule has 3 rings (SSSR count). The van der Waals surface area contributed by atoms with Crippen LogP contribution in [0.15, 0.2) is 28.8 Å². The fourth-order valence-corrected chi connectivity index (χ4v) is 3.32. The molecule has 0 bridgehead atoms. The van der Waals surface area contributed by atoms with Crippen molar-refractivity contribution < 1.29 is 9.32 Å². The molecule has 1 aromatic carbocycles. The molecule has 3 aromatic rings. The summed E-state index contributed by atoms with van der Waals surface area (Å²) in [6.45, 7) is 10.0. The van der Waals surface area contributed by atoms with Gasteiger partial charge in [-0.25, -0.2) is 0 Å². The first kappa shape index (κ1) is 20.1. The molecule has 0 aliphatic heterocycles. The molecule has 0 spiro atoms. The van der Waals surface area contributed by atoms with Crippen molar-refractivity contribution in [1.29, 1.82) is 0 Å². The molecule has 7 heteroatoms. The van der Waals surface area contributed by atoms with Crippen molar-refractivity contribution >= 4 is 17.5 Å². The van der Waals surface area contributed by atoms with Gasteiger partial charge in [-0.2, -0.15) is 5.10 Å². The molecule has 1 unspecified atom stereocenters. The zero-order valence-electron chi connectivity index (χ0n) is 16.8. The van der Waals surface area contributed by atoms with E-state index in [1.54, 1.807) is 11.6 Å². The number of amides is 1. The van der Waals surface area contributed by atoms with Crippen LogP contribution >= 0.6 is 11.6 Å². The Hall–Kier alpha value is -2.60. The van der Waals surface area contributed by atoms with Crippen LogP contribution in [0.25, 0.3) is 0 Å². The van der Waals surface area contributed by atoms with Gasteiger partial charge in [-0.3, -0.25) is 9.48 Å². The largest absolute Gasteiger partial charge is 0.361 e. The highest BCUT2D eigenvalue weighted by atomic mass is 35.5. The van der Waals surface area contributed by atoms with Crippen molar-refractivity contribution in [1.82, 2.24) is 20.3 Å². The van der Waals surface area contributed by atoms with Crippen LogP contribution in [0.2, 0.25) is 5.02 Å². The Morgan fingerprint density at radius 3 is 2.46 bits per heavy atom. The summed E-state index contributed by atoms with van der Waals surface area (Å²) in [6, 6.07) is 8.07. The summed E-state index contributed by atoms with van der Waals surface area (Å²) in [5.74, 6) is 0.337. The second-order valence-corrected chi connectivity index (χ2v) is 7.43. The molecule has 6 nitrogen and oxygen atoms in total. The first-order valence-electron chi connectivity index (χ1n) is 9.33. The normalized spacial score (nSPS) is 12.2. The van der Waals surface area contributed by atoms with E-state index in [2.05, 4.69) is 15.6 Å². The lowest BCUT2D eigenvalue weighted by atomic mass is 10.0. The maximum Gasteiger partial charge on any atom is 0.274 e. The second kappa shape index (κ2) is 8.19. The van der Waals surface area contributed by atoms with Crippen molar-refractivity contribution in [2.45, 2.75) is 53.6 Å². The third-order valence-electron chi connectivity index (χ3n) is 4.99. The Bertz CT molecular complexity index is 989. The first-order valence-corrected chi connectivity index (χ1v) is 9.71. The van der Waals surface area contributed by atoms with Crippen LogP contribution in [-0.4, -0.2) is 20.8 Å². The third-order valence-corrected chi connectivity index (χ3v) is 5.54. The Kier molecular flexibility index (Phi) is 5.89. The smallest absolute Gasteiger partial charge is 0.274 e. The number of nitrogens with zero attached hydrogens (tertiary/aromatic N) is 3. The summed E-state index contributed by atoms with van der Waals surface area (Å²) in [7, 11) is 0. The second-order valence-electron chi connectivity index (χ2n) is 7.05. The summed E-state index contributed by atoms with van der Waals surface area (Å²) in [5.41, 5.74) is 4.84. The maximum atomic E-state index is 12.9. The molecular formula is C21H25ClN4O2. The van der Waals surface area contributed by atoms with Crippen molar-refractivity contribution in [3.63, 3.8) is 0 Å². The average Bonchev–Trinajstić information content (AvgIpc) is 3.16. The zero-order chi connectivity index (χ0) is 20.4. The van der Waals surface area contributed by atoms with E-state index >= 15 is 0 Å². The SMILES string of the molecule is CCC(NC(=O)c1noc(C)c1Cn1nc(C)c(Cl)c1C)c1ccc(C)cc1. The number of hydrogen-bond acceptors (Lipinski definition) is 4. The minimum absolute atomic E-state index is 0.0962. The summed E-state index contributed by atoms with van der Waals surface area (Å²) in [6.07, 6.45) is 0.772. The lowest BCUT2D eigenvalue weighted by Gasteiger charge is -2.17. The molecule has 2 heterocycles. The monoisotopic (exact) mass is 400 g/mol. The lowest BCUT2D eigenvalue weighted by Crippen LogP contribution is -2.29. The van der Waals surface area contributed by atoms with Gasteiger partial charge in [0.1, 0.15) is 5.76 Å². The number of carbonyl (C=O) groups is 1. The van der Waals surface area contributed by atoms with Gasteiger partial charge < -0.3 is 9.84 Å². The molecule has 2 aromatic heterocycles. The number of carbonyl (C=O) groups excluding carboxylic acids is 1. The van der Waals surface area contributed by atoms with Gasteiger partial charge in [0, 0.05) is 5.56 Å². The van der Waals surface area contributed by atoms with Crippen LogP contribution in [0, 0.1) is 27.7 Å². The zero-order valence-corrected chi connectivity index (χ0v) is 17.6. The molecule has 0 radical (unpaired) electrons. The fraction of sp³-hybridized carbons (Fsp3) is 0.381. The molecule has 0 saturated heterocycles. The molecule has 148 valence electrons. The van der Waals surface area contributed by atoms with Crippen LogP contribution < -0.4 is 5.32 Å². The summed E-state index contributed by atoms with van der Waals surface area (Å²) in [4.78, 5) is 12.9. The van der Waals surface area contributed by atoms with Gasteiger partial charge in [0.2, 0.25) is 0 Å². The van der Waals surface area contributed by atoms with Crippen LogP contribution in [0.5, 0.6) is 0 Å². The number of rotatable bonds is 6. The average molecular weight is 401 g/mol. The summed E-state index contributed by atoms with van der Waals surface area (Å²) in [5, 5.41) is 12.1. The van der Waals surface area contributed by atoms with E-state index in [1.807, 2.05) is 52.0 Å². The van der Waals surface area contributed by atoms with E-state index in [-0.39, 0.29) is 17.6 Å². The first-order chi connectivity index (χ1) is 13.3. The third kappa shape index (κ3) is 3.97. The van der Waals surface area contributed by atoms with Crippen molar-refractivity contribution in [3.8, 4) is 0 Å². The molecule has 0 fully saturated rings. The van der Waals surface area contributed by atoms with Gasteiger partial charge in [-0.1, -0.05) is 53.5 Å². The Balaban J connectivity index is 1.84. The number of aryl methyl sites for hydroxylation is 3. The molecule has 1 N–H and O–H groups in total. The quantitative estimate of drug-likeness (QED) is 0.651. The van der Waals surface area contributed by atoms with Gasteiger partial charge in [-0.15, -0.1) is 0 Å². The van der Waals surface area contributed by atoms with E-state index in [9.17, 15) is 4.79 Å². The predicted octanol–water partition coefficient (Wildman–Crippen LogP) is 4.69. The number of aromatic nitrogens is 3. The van der Waals surface area contributed by atoms with Crippen molar-refractivity contribution in [2.75, 3.05) is 0 Å². The molecule has 1 atom stereocenters. The molecule has 0 aliphatic carbocycles. The highest BCUT2D eigenvalue weighted by molar-refractivity contribution is 6.31. The Labute approximate surface area is 169 Å². The van der Waals surface area contributed by atoms with Gasteiger partial charge in [-0.05, 0) is 39.7 Å². The van der Waals surface area contributed by atoms with E-state index in [0.29, 0.717) is 22.9 Å². The highest BCUT2D eigenvalue weighted by Gasteiger charge is 2.24. The molecule has 1 amide bonds. The van der Waals surface area contributed by atoms with Crippen LogP contribution in [0.4, 0.5) is 0 Å². The minimum Gasteiger partial charge on any atom is -0.361 e. The van der Waals surface area contributed by atoms with E-state index in [1.165, 1.54) is 5.56 Å². The van der Waals surface area contributed by atoms with Crippen molar-refractivity contribution in [2.24, 2.45) is 0 Å². The van der Waals surface area contributed by atoms with E-state index in [4.69, 9.17) is 16.1 Å². The Morgan fingerprint density at radius 2 is 1.89 bits per heavy atom. The summed E-state index contributed by atoms with van der Waals surface area (Å²) >= 11 is 6.25. The van der Waals surface area contributed by atoms with Gasteiger partial charge in [0.15, 0.2) is 5.69 Å². The highest BCUT2D eigenvalue weighted by Crippen LogP contribution is 2.23. The van der Waals surface area contributed by atoms with Crippen LogP contribution in [-0.2, 0) is 6.54 Å². The number of nitrogens with one attached hydrogen (secondary N) is 1. The predicted molar refractivity (Wildman–Crippen MR) is 109 cm³/mol. The van der Waals surface area contributed by atoms with Gasteiger partial charge in [0.05, 0.1) is 29.0 Å². The van der Waals surface area contributed by atoms with Crippen LogP contribution in [0.1, 0.15) is 63.7 Å². The number of benzene rings is 1. The molecule has 28 heavy (non-hydrogen) atoms.